The van der Waals surface area contributed by atoms with Gasteiger partial charge in [-0.2, -0.15) is 25.3 Å². The van der Waals surface area contributed by atoms with E-state index in [0.717, 1.165) is 17.4 Å². The number of hydrogen-bond donors (Lipinski definition) is 2. The summed E-state index contributed by atoms with van der Waals surface area (Å²) in [6.45, 7) is 0.169. The maximum Gasteiger partial charge on any atom is 0.188 e. The van der Waals surface area contributed by atoms with Gasteiger partial charge in [0.25, 0.3) is 0 Å². The highest BCUT2D eigenvalue weighted by Crippen LogP contribution is 2.28. The molecule has 0 aliphatic carbocycles. The molecule has 0 fully saturated rings. The molecule has 0 radical (unpaired) electrons. The first-order valence-corrected chi connectivity index (χ1v) is 5.97. The molecule has 88 valence electrons. The smallest absolute Gasteiger partial charge is 0.188 e. The van der Waals surface area contributed by atoms with E-state index in [4.69, 9.17) is 9.47 Å². The number of carbonyl (C=O) groups excluding carboxylic acids is 1. The van der Waals surface area contributed by atoms with Crippen LogP contribution < -0.4 is 4.74 Å². The minimum absolute atomic E-state index is 0.169. The molecule has 0 heterocycles. The van der Waals surface area contributed by atoms with Crippen molar-refractivity contribution in [2.24, 2.45) is 0 Å². The summed E-state index contributed by atoms with van der Waals surface area (Å²) >= 11 is 8.42. The number of thiol groups is 2. The Hall–Kier alpha value is -0.650. The molecule has 0 unspecified atom stereocenters. The molecule has 0 saturated heterocycles. The van der Waals surface area contributed by atoms with Crippen LogP contribution in [0.15, 0.2) is 12.1 Å². The van der Waals surface area contributed by atoms with Gasteiger partial charge >= 0.3 is 0 Å². The molecule has 0 spiro atoms. The van der Waals surface area contributed by atoms with Crippen molar-refractivity contribution < 1.29 is 14.3 Å². The van der Waals surface area contributed by atoms with E-state index in [1.165, 1.54) is 0 Å². The van der Waals surface area contributed by atoms with Crippen LogP contribution >= 0.6 is 25.3 Å². The SMILES string of the molecule is COCOc1c(CS)cc(C=O)cc1CS. The summed E-state index contributed by atoms with van der Waals surface area (Å²) in [6.07, 6.45) is 0.806. The maximum absolute atomic E-state index is 10.8. The Balaban J connectivity index is 3.14. The van der Waals surface area contributed by atoms with Gasteiger partial charge in [-0.3, -0.25) is 4.79 Å². The lowest BCUT2D eigenvalue weighted by atomic mass is 10.1. The molecule has 0 aromatic heterocycles. The van der Waals surface area contributed by atoms with Crippen molar-refractivity contribution in [1.82, 2.24) is 0 Å². The molecule has 1 rings (SSSR count). The van der Waals surface area contributed by atoms with E-state index < -0.39 is 0 Å². The van der Waals surface area contributed by atoms with Crippen LogP contribution in [0.1, 0.15) is 21.5 Å². The third-order valence-corrected chi connectivity index (χ3v) is 2.74. The van der Waals surface area contributed by atoms with Crippen LogP contribution in [0.5, 0.6) is 5.75 Å². The monoisotopic (exact) mass is 258 g/mol. The fraction of sp³-hybridized carbons (Fsp3) is 0.364. The van der Waals surface area contributed by atoms with Crippen molar-refractivity contribution in [2.45, 2.75) is 11.5 Å². The highest BCUT2D eigenvalue weighted by atomic mass is 32.1. The summed E-state index contributed by atoms with van der Waals surface area (Å²) in [5.74, 6) is 1.71. The van der Waals surface area contributed by atoms with Crippen molar-refractivity contribution in [3.8, 4) is 5.75 Å². The molecular weight excluding hydrogens is 244 g/mol. The largest absolute Gasteiger partial charge is 0.467 e. The van der Waals surface area contributed by atoms with E-state index in [-0.39, 0.29) is 6.79 Å². The molecule has 0 aliphatic rings. The highest BCUT2D eigenvalue weighted by molar-refractivity contribution is 7.79. The number of benzene rings is 1. The van der Waals surface area contributed by atoms with E-state index in [1.807, 2.05) is 0 Å². The van der Waals surface area contributed by atoms with Crippen LogP contribution in [0.3, 0.4) is 0 Å². The zero-order valence-corrected chi connectivity index (χ0v) is 10.8. The zero-order valence-electron chi connectivity index (χ0n) is 8.97. The predicted molar refractivity (Wildman–Crippen MR) is 69.7 cm³/mol. The van der Waals surface area contributed by atoms with Crippen LogP contribution in [0, 0.1) is 0 Å². The van der Waals surface area contributed by atoms with Gasteiger partial charge in [-0.15, -0.1) is 0 Å². The van der Waals surface area contributed by atoms with Crippen LogP contribution in [0.25, 0.3) is 0 Å². The van der Waals surface area contributed by atoms with Gasteiger partial charge in [-0.25, -0.2) is 0 Å². The first-order valence-electron chi connectivity index (χ1n) is 4.71. The summed E-state index contributed by atoms with van der Waals surface area (Å²) in [5, 5.41) is 0. The van der Waals surface area contributed by atoms with Crippen LogP contribution in [-0.2, 0) is 16.2 Å². The Morgan fingerprint density at radius 2 is 1.81 bits per heavy atom. The van der Waals surface area contributed by atoms with Gasteiger partial charge in [0, 0.05) is 35.3 Å². The van der Waals surface area contributed by atoms with Crippen LogP contribution in [0.4, 0.5) is 0 Å². The maximum atomic E-state index is 10.8. The summed E-state index contributed by atoms with van der Waals surface area (Å²) in [5.41, 5.74) is 2.35. The Kier molecular flexibility index (Phi) is 5.73. The van der Waals surface area contributed by atoms with Gasteiger partial charge in [-0.1, -0.05) is 0 Å². The lowest BCUT2D eigenvalue weighted by Gasteiger charge is -2.14. The average molecular weight is 258 g/mol. The lowest BCUT2D eigenvalue weighted by Crippen LogP contribution is -2.04. The molecule has 1 aromatic rings. The normalized spacial score (nSPS) is 10.2. The molecule has 0 N–H and O–H groups in total. The topological polar surface area (TPSA) is 35.5 Å². The molecule has 16 heavy (non-hydrogen) atoms. The van der Waals surface area contributed by atoms with E-state index in [0.29, 0.717) is 22.8 Å². The molecule has 1 aromatic carbocycles. The quantitative estimate of drug-likeness (QED) is 0.467. The summed E-state index contributed by atoms with van der Waals surface area (Å²) < 4.78 is 10.3. The molecular formula is C11H14O3S2. The highest BCUT2D eigenvalue weighted by Gasteiger charge is 2.10. The first kappa shape index (κ1) is 13.4. The standard InChI is InChI=1S/C11H14O3S2/c1-13-7-14-11-9(5-15)2-8(4-12)3-10(11)6-16/h2-4,15-16H,5-7H2,1H3. The van der Waals surface area contributed by atoms with E-state index >= 15 is 0 Å². The van der Waals surface area contributed by atoms with E-state index in [9.17, 15) is 4.79 Å². The summed E-state index contributed by atoms with van der Waals surface area (Å²) in [7, 11) is 1.56. The number of ether oxygens (including phenoxy) is 2. The molecule has 0 atom stereocenters. The van der Waals surface area contributed by atoms with Crippen molar-refractivity contribution in [3.63, 3.8) is 0 Å². The Morgan fingerprint density at radius 3 is 2.19 bits per heavy atom. The second kappa shape index (κ2) is 6.83. The molecule has 3 nitrogen and oxygen atoms in total. The third-order valence-electron chi connectivity index (χ3n) is 2.06. The van der Waals surface area contributed by atoms with Crippen molar-refractivity contribution in [2.75, 3.05) is 13.9 Å². The van der Waals surface area contributed by atoms with Crippen molar-refractivity contribution >= 4 is 31.5 Å². The molecule has 0 amide bonds. The average Bonchev–Trinajstić information content (AvgIpc) is 2.35. The molecule has 0 bridgehead atoms. The number of methoxy groups -OCH3 is 1. The van der Waals surface area contributed by atoms with E-state index in [2.05, 4.69) is 25.3 Å². The first-order chi connectivity index (χ1) is 7.76. The van der Waals surface area contributed by atoms with Gasteiger partial charge in [0.2, 0.25) is 0 Å². The number of aldehydes is 1. The molecule has 5 heteroatoms. The Labute approximate surface area is 106 Å². The minimum atomic E-state index is 0.169. The van der Waals surface area contributed by atoms with Gasteiger partial charge in [-0.05, 0) is 12.1 Å². The fourth-order valence-electron chi connectivity index (χ4n) is 1.39. The summed E-state index contributed by atoms with van der Waals surface area (Å²) in [6, 6.07) is 3.52. The van der Waals surface area contributed by atoms with Crippen LogP contribution in [0.2, 0.25) is 0 Å². The summed E-state index contributed by atoms with van der Waals surface area (Å²) in [4.78, 5) is 10.8. The number of hydrogen-bond acceptors (Lipinski definition) is 5. The van der Waals surface area contributed by atoms with Crippen LogP contribution in [-0.4, -0.2) is 20.2 Å². The van der Waals surface area contributed by atoms with Crippen molar-refractivity contribution in [1.29, 1.82) is 0 Å². The Bertz CT molecular complexity index is 341. The van der Waals surface area contributed by atoms with Gasteiger partial charge in [0.15, 0.2) is 6.79 Å². The lowest BCUT2D eigenvalue weighted by molar-refractivity contribution is 0.0500. The zero-order chi connectivity index (χ0) is 12.0. The number of carbonyl (C=O) groups is 1. The van der Waals surface area contributed by atoms with Gasteiger partial charge < -0.3 is 9.47 Å². The molecule has 0 aliphatic heterocycles. The van der Waals surface area contributed by atoms with Crippen molar-refractivity contribution in [3.05, 3.63) is 28.8 Å². The second-order valence-corrected chi connectivity index (χ2v) is 3.79. The van der Waals surface area contributed by atoms with Gasteiger partial charge in [0.1, 0.15) is 12.0 Å². The third kappa shape index (κ3) is 3.17. The second-order valence-electron chi connectivity index (χ2n) is 3.15. The van der Waals surface area contributed by atoms with E-state index in [1.54, 1.807) is 19.2 Å². The predicted octanol–water partition coefficient (Wildman–Crippen LogP) is 2.34. The fourth-order valence-corrected chi connectivity index (χ4v) is 1.86. The Morgan fingerprint density at radius 1 is 1.25 bits per heavy atom. The van der Waals surface area contributed by atoms with Gasteiger partial charge in [0.05, 0.1) is 0 Å². The molecule has 0 saturated carbocycles. The number of rotatable bonds is 6. The minimum Gasteiger partial charge on any atom is -0.467 e.